The molecule has 118 valence electrons. The van der Waals surface area contributed by atoms with E-state index >= 15 is 0 Å². The third kappa shape index (κ3) is 4.33. The van der Waals surface area contributed by atoms with Gasteiger partial charge in [-0.1, -0.05) is 35.9 Å². The normalized spacial score (nSPS) is 10.0. The summed E-state index contributed by atoms with van der Waals surface area (Å²) in [5.41, 5.74) is 3.92. The maximum Gasteiger partial charge on any atom is 0.260 e. The van der Waals surface area contributed by atoms with Crippen molar-refractivity contribution < 1.29 is 9.53 Å². The summed E-state index contributed by atoms with van der Waals surface area (Å²) in [6, 6.07) is 15.1. The second kappa shape index (κ2) is 7.46. The molecule has 0 fully saturated rings. The Morgan fingerprint density at radius 2 is 1.96 bits per heavy atom. The van der Waals surface area contributed by atoms with E-state index in [-0.39, 0.29) is 12.5 Å². The number of ether oxygens (including phenoxy) is 1. The molecule has 0 aliphatic heterocycles. The predicted octanol–water partition coefficient (Wildman–Crippen LogP) is 3.21. The number of para-hydroxylation sites is 1. The molecule has 0 saturated heterocycles. The average molecular weight is 308 g/mol. The molecule has 0 radical (unpaired) electrons. The number of carbonyl (C=O) groups is 1. The van der Waals surface area contributed by atoms with Gasteiger partial charge >= 0.3 is 0 Å². The predicted molar refractivity (Wildman–Crippen MR) is 89.0 cm³/mol. The Bertz CT molecular complexity index is 747. The van der Waals surface area contributed by atoms with Crippen molar-refractivity contribution in [2.24, 2.45) is 0 Å². The highest BCUT2D eigenvalue weighted by Crippen LogP contribution is 2.17. The third-order valence-corrected chi connectivity index (χ3v) is 3.69. The first-order valence-electron chi connectivity index (χ1n) is 7.43. The molecular formula is C19H20N2O2. The van der Waals surface area contributed by atoms with E-state index in [1.54, 1.807) is 36.2 Å². The van der Waals surface area contributed by atoms with Gasteiger partial charge < -0.3 is 9.64 Å². The summed E-state index contributed by atoms with van der Waals surface area (Å²) in [6.07, 6.45) is 0. The molecule has 0 atom stereocenters. The van der Waals surface area contributed by atoms with E-state index in [4.69, 9.17) is 10.00 Å². The van der Waals surface area contributed by atoms with Gasteiger partial charge in [0.25, 0.3) is 5.91 Å². The molecule has 1 amide bonds. The van der Waals surface area contributed by atoms with Crippen molar-refractivity contribution in [2.45, 2.75) is 20.4 Å². The summed E-state index contributed by atoms with van der Waals surface area (Å²) in [6.45, 7) is 4.54. The van der Waals surface area contributed by atoms with E-state index in [2.05, 4.69) is 12.1 Å². The quantitative estimate of drug-likeness (QED) is 0.852. The molecule has 0 aliphatic rings. The first-order chi connectivity index (χ1) is 11.0. The van der Waals surface area contributed by atoms with Crippen molar-refractivity contribution >= 4 is 5.91 Å². The highest BCUT2D eigenvalue weighted by atomic mass is 16.5. The lowest BCUT2D eigenvalue weighted by atomic mass is 10.1. The van der Waals surface area contributed by atoms with E-state index in [1.807, 2.05) is 26.0 Å². The van der Waals surface area contributed by atoms with Crippen LogP contribution in [-0.4, -0.2) is 24.5 Å². The highest BCUT2D eigenvalue weighted by molar-refractivity contribution is 5.77. The van der Waals surface area contributed by atoms with Gasteiger partial charge in [0.1, 0.15) is 11.8 Å². The van der Waals surface area contributed by atoms with Crippen LogP contribution in [0.1, 0.15) is 22.3 Å². The molecule has 2 aromatic carbocycles. The van der Waals surface area contributed by atoms with Crippen LogP contribution in [0, 0.1) is 25.2 Å². The van der Waals surface area contributed by atoms with Crippen molar-refractivity contribution in [1.82, 2.24) is 4.90 Å². The molecule has 4 heteroatoms. The van der Waals surface area contributed by atoms with E-state index in [1.165, 1.54) is 11.1 Å². The Hall–Kier alpha value is -2.80. The van der Waals surface area contributed by atoms with Gasteiger partial charge in [0.2, 0.25) is 0 Å². The van der Waals surface area contributed by atoms with Crippen LogP contribution in [-0.2, 0) is 11.3 Å². The molecule has 23 heavy (non-hydrogen) atoms. The number of hydrogen-bond acceptors (Lipinski definition) is 3. The zero-order valence-electron chi connectivity index (χ0n) is 13.7. The topological polar surface area (TPSA) is 53.3 Å². The number of likely N-dealkylation sites (N-methyl/N-ethyl adjacent to an activating group) is 1. The molecular weight excluding hydrogens is 288 g/mol. The summed E-state index contributed by atoms with van der Waals surface area (Å²) >= 11 is 0. The van der Waals surface area contributed by atoms with Gasteiger partial charge in [-0.05, 0) is 37.1 Å². The summed E-state index contributed by atoms with van der Waals surface area (Å²) in [5.74, 6) is 0.306. The van der Waals surface area contributed by atoms with Crippen LogP contribution < -0.4 is 4.74 Å². The molecule has 0 heterocycles. The summed E-state index contributed by atoms with van der Waals surface area (Å²) in [7, 11) is 1.75. The molecule has 0 aromatic heterocycles. The standard InChI is InChI=1S/C19H20N2O2/c1-14-8-9-17(15(2)10-14)12-21(3)19(22)13-23-18-7-5-4-6-16(18)11-20/h4-10H,12-13H2,1-3H3. The summed E-state index contributed by atoms with van der Waals surface area (Å²) < 4.78 is 5.48. The molecule has 0 bridgehead atoms. The minimum absolute atomic E-state index is 0.0832. The third-order valence-electron chi connectivity index (χ3n) is 3.69. The zero-order valence-corrected chi connectivity index (χ0v) is 13.7. The fourth-order valence-corrected chi connectivity index (χ4v) is 2.30. The number of nitriles is 1. The van der Waals surface area contributed by atoms with Gasteiger partial charge in [0, 0.05) is 13.6 Å². The van der Waals surface area contributed by atoms with Gasteiger partial charge in [-0.15, -0.1) is 0 Å². The Morgan fingerprint density at radius 1 is 1.22 bits per heavy atom. The zero-order chi connectivity index (χ0) is 16.8. The van der Waals surface area contributed by atoms with Crippen molar-refractivity contribution in [3.05, 3.63) is 64.7 Å². The van der Waals surface area contributed by atoms with Gasteiger partial charge in [-0.3, -0.25) is 4.79 Å². The van der Waals surface area contributed by atoms with Crippen LogP contribution in [0.25, 0.3) is 0 Å². The van der Waals surface area contributed by atoms with Gasteiger partial charge in [-0.2, -0.15) is 5.26 Å². The number of benzene rings is 2. The molecule has 0 aliphatic carbocycles. The van der Waals surface area contributed by atoms with Gasteiger partial charge in [-0.25, -0.2) is 0 Å². The van der Waals surface area contributed by atoms with Crippen molar-refractivity contribution in [1.29, 1.82) is 5.26 Å². The maximum absolute atomic E-state index is 12.2. The maximum atomic E-state index is 12.2. The highest BCUT2D eigenvalue weighted by Gasteiger charge is 2.12. The second-order valence-corrected chi connectivity index (χ2v) is 5.58. The van der Waals surface area contributed by atoms with E-state index in [0.29, 0.717) is 17.9 Å². The van der Waals surface area contributed by atoms with E-state index in [0.717, 1.165) is 5.56 Å². The first-order valence-corrected chi connectivity index (χ1v) is 7.43. The molecule has 0 spiro atoms. The number of carbonyl (C=O) groups excluding carboxylic acids is 1. The number of aryl methyl sites for hydroxylation is 2. The Kier molecular flexibility index (Phi) is 5.37. The lowest BCUT2D eigenvalue weighted by Gasteiger charge is -2.19. The van der Waals surface area contributed by atoms with E-state index in [9.17, 15) is 4.79 Å². The van der Waals surface area contributed by atoms with Gasteiger partial charge in [0.05, 0.1) is 5.56 Å². The minimum atomic E-state index is -0.127. The monoisotopic (exact) mass is 308 g/mol. The van der Waals surface area contributed by atoms with Crippen LogP contribution >= 0.6 is 0 Å². The molecule has 0 saturated carbocycles. The van der Waals surface area contributed by atoms with Gasteiger partial charge in [0.15, 0.2) is 6.61 Å². The molecule has 4 nitrogen and oxygen atoms in total. The number of rotatable bonds is 5. The number of hydrogen-bond donors (Lipinski definition) is 0. The van der Waals surface area contributed by atoms with E-state index < -0.39 is 0 Å². The number of amides is 1. The van der Waals surface area contributed by atoms with Crippen LogP contribution in [0.15, 0.2) is 42.5 Å². The lowest BCUT2D eigenvalue weighted by Crippen LogP contribution is -2.31. The fraction of sp³-hybridized carbons (Fsp3) is 0.263. The van der Waals surface area contributed by atoms with Crippen LogP contribution in [0.5, 0.6) is 5.75 Å². The minimum Gasteiger partial charge on any atom is -0.482 e. The Balaban J connectivity index is 1.96. The fourth-order valence-electron chi connectivity index (χ4n) is 2.30. The average Bonchev–Trinajstić information content (AvgIpc) is 2.55. The van der Waals surface area contributed by atoms with Crippen molar-refractivity contribution in [3.8, 4) is 11.8 Å². The summed E-state index contributed by atoms with van der Waals surface area (Å²) in [5, 5.41) is 9.02. The smallest absolute Gasteiger partial charge is 0.260 e. The van der Waals surface area contributed by atoms with Crippen LogP contribution in [0.3, 0.4) is 0 Å². The second-order valence-electron chi connectivity index (χ2n) is 5.58. The Morgan fingerprint density at radius 3 is 2.65 bits per heavy atom. The Labute approximate surface area is 136 Å². The first kappa shape index (κ1) is 16.6. The lowest BCUT2D eigenvalue weighted by molar-refractivity contribution is -0.132. The largest absolute Gasteiger partial charge is 0.482 e. The number of nitrogens with zero attached hydrogens (tertiary/aromatic N) is 2. The van der Waals surface area contributed by atoms with Crippen molar-refractivity contribution in [3.63, 3.8) is 0 Å². The SMILES string of the molecule is Cc1ccc(CN(C)C(=O)COc2ccccc2C#N)c(C)c1. The molecule has 0 N–H and O–H groups in total. The van der Waals surface area contributed by atoms with Crippen LogP contribution in [0.2, 0.25) is 0 Å². The van der Waals surface area contributed by atoms with Crippen molar-refractivity contribution in [2.75, 3.05) is 13.7 Å². The molecule has 2 rings (SSSR count). The molecule has 2 aromatic rings. The van der Waals surface area contributed by atoms with Crippen LogP contribution in [0.4, 0.5) is 0 Å². The summed E-state index contributed by atoms with van der Waals surface area (Å²) in [4.78, 5) is 13.8. The molecule has 0 unspecified atom stereocenters.